The van der Waals surface area contributed by atoms with Crippen LogP contribution in [0.5, 0.6) is 5.75 Å². The minimum atomic E-state index is -1.27. The molecule has 0 spiro atoms. The zero-order chi connectivity index (χ0) is 24.0. The molecule has 1 aliphatic heterocycles. The number of aliphatic hydroxyl groups is 2. The third kappa shape index (κ3) is 5.59. The second-order valence-electron chi connectivity index (χ2n) is 8.96. The molecule has 3 heterocycles. The summed E-state index contributed by atoms with van der Waals surface area (Å²) in [5, 5.41) is 22.7. The van der Waals surface area contributed by atoms with Gasteiger partial charge in [0.2, 0.25) is 0 Å². The van der Waals surface area contributed by atoms with E-state index in [1.807, 2.05) is 17.5 Å². The van der Waals surface area contributed by atoms with Crippen LogP contribution in [0.25, 0.3) is 10.9 Å². The fourth-order valence-corrected chi connectivity index (χ4v) is 5.29. The molecule has 0 radical (unpaired) electrons. The number of aromatic nitrogens is 1. The summed E-state index contributed by atoms with van der Waals surface area (Å²) in [6, 6.07) is 9.39. The number of alkyl halides is 1. The van der Waals surface area contributed by atoms with Crippen molar-refractivity contribution in [3.63, 3.8) is 0 Å². The third-order valence-corrected chi connectivity index (χ3v) is 7.68. The van der Waals surface area contributed by atoms with E-state index >= 15 is 4.39 Å². The molecule has 0 aliphatic carbocycles. The first-order valence-electron chi connectivity index (χ1n) is 11.6. The fourth-order valence-electron chi connectivity index (χ4n) is 4.69. The van der Waals surface area contributed by atoms with Gasteiger partial charge in [-0.05, 0) is 73.8 Å². The lowest BCUT2D eigenvalue weighted by Gasteiger charge is -2.40. The van der Waals surface area contributed by atoms with Crippen LogP contribution in [0.3, 0.4) is 0 Å². The van der Waals surface area contributed by atoms with Crippen molar-refractivity contribution in [3.8, 4) is 17.6 Å². The molecule has 5 nitrogen and oxygen atoms in total. The van der Waals surface area contributed by atoms with Crippen molar-refractivity contribution in [3.05, 3.63) is 57.9 Å². The van der Waals surface area contributed by atoms with Crippen LogP contribution >= 0.6 is 11.3 Å². The van der Waals surface area contributed by atoms with Crippen molar-refractivity contribution in [2.24, 2.45) is 5.41 Å². The van der Waals surface area contributed by atoms with Gasteiger partial charge >= 0.3 is 0 Å². The van der Waals surface area contributed by atoms with Gasteiger partial charge in [0.15, 0.2) is 0 Å². The topological polar surface area (TPSA) is 65.8 Å². The van der Waals surface area contributed by atoms with Crippen LogP contribution in [0.15, 0.2) is 41.9 Å². The highest BCUT2D eigenvalue weighted by Crippen LogP contribution is 2.41. The number of hydrogen-bond acceptors (Lipinski definition) is 6. The largest absolute Gasteiger partial charge is 0.497 e. The molecule has 4 rings (SSSR count). The lowest BCUT2D eigenvalue weighted by atomic mass is 9.74. The van der Waals surface area contributed by atoms with Crippen LogP contribution in [-0.2, 0) is 6.61 Å². The number of likely N-dealkylation sites (tertiary alicyclic amines) is 1. The highest BCUT2D eigenvalue weighted by atomic mass is 32.1. The number of ether oxygens (including phenoxy) is 1. The second-order valence-corrected chi connectivity index (χ2v) is 9.91. The van der Waals surface area contributed by atoms with Crippen molar-refractivity contribution < 1.29 is 19.3 Å². The highest BCUT2D eigenvalue weighted by Gasteiger charge is 2.35. The maximum absolute atomic E-state index is 15.7. The van der Waals surface area contributed by atoms with Gasteiger partial charge in [-0.3, -0.25) is 9.88 Å². The quantitative estimate of drug-likeness (QED) is 0.455. The van der Waals surface area contributed by atoms with Gasteiger partial charge in [-0.2, -0.15) is 0 Å². The van der Waals surface area contributed by atoms with E-state index in [1.54, 1.807) is 42.8 Å². The molecule has 0 unspecified atom stereocenters. The maximum atomic E-state index is 15.7. The molecule has 0 amide bonds. The SMILES string of the molecule is COc1ccc2ncc(CO)c([C@H](F)CCC3(CO)CCN(CC#Cc4cccs4)CC3)c2c1. The molecule has 0 saturated carbocycles. The molecule has 1 atom stereocenters. The van der Waals surface area contributed by atoms with Gasteiger partial charge in [0.1, 0.15) is 11.9 Å². The van der Waals surface area contributed by atoms with Crippen molar-refractivity contribution in [2.75, 3.05) is 33.4 Å². The molecule has 2 aromatic heterocycles. The first-order chi connectivity index (χ1) is 16.6. The Balaban J connectivity index is 1.42. The number of halogens is 1. The molecule has 180 valence electrons. The molecule has 1 saturated heterocycles. The minimum absolute atomic E-state index is 0.0478. The third-order valence-electron chi connectivity index (χ3n) is 6.90. The zero-order valence-corrected chi connectivity index (χ0v) is 20.3. The number of fused-ring (bicyclic) bond motifs is 1. The van der Waals surface area contributed by atoms with Crippen molar-refractivity contribution in [2.45, 2.75) is 38.5 Å². The van der Waals surface area contributed by atoms with E-state index in [2.05, 4.69) is 21.7 Å². The van der Waals surface area contributed by atoms with Crippen LogP contribution in [0, 0.1) is 17.3 Å². The molecular weight excluding hydrogens is 451 g/mol. The molecule has 1 fully saturated rings. The van der Waals surface area contributed by atoms with E-state index in [0.29, 0.717) is 40.7 Å². The van der Waals surface area contributed by atoms with Gasteiger partial charge in [-0.25, -0.2) is 4.39 Å². The van der Waals surface area contributed by atoms with Gasteiger partial charge in [-0.1, -0.05) is 17.9 Å². The Morgan fingerprint density at radius 3 is 2.76 bits per heavy atom. The highest BCUT2D eigenvalue weighted by molar-refractivity contribution is 7.10. The molecule has 1 aliphatic rings. The molecule has 34 heavy (non-hydrogen) atoms. The lowest BCUT2D eigenvalue weighted by molar-refractivity contribution is 0.0343. The average molecular weight is 483 g/mol. The first-order valence-corrected chi connectivity index (χ1v) is 12.5. The lowest BCUT2D eigenvalue weighted by Crippen LogP contribution is -2.42. The summed E-state index contributed by atoms with van der Waals surface area (Å²) >= 11 is 1.64. The van der Waals surface area contributed by atoms with Gasteiger partial charge in [0.05, 0.1) is 30.7 Å². The minimum Gasteiger partial charge on any atom is -0.497 e. The Hall–Kier alpha value is -2.50. The standard InChI is InChI=1S/C27H31FN2O3S/c1-33-21-6-7-25-23(16-21)26(20(18-31)17-29-25)24(28)8-9-27(19-32)10-13-30(14-11-27)12-2-4-22-5-3-15-34-22/h3,5-7,15-17,24,31-32H,8-14,18-19H2,1H3/t24-/m1/s1. The van der Waals surface area contributed by atoms with E-state index in [-0.39, 0.29) is 25.0 Å². The summed E-state index contributed by atoms with van der Waals surface area (Å²) < 4.78 is 21.0. The van der Waals surface area contributed by atoms with Gasteiger partial charge in [-0.15, -0.1) is 11.3 Å². The first kappa shape index (κ1) is 24.6. The number of piperidine rings is 1. The van der Waals surface area contributed by atoms with Crippen LogP contribution in [0.4, 0.5) is 4.39 Å². The Bertz CT molecular complexity index is 1140. The second kappa shape index (κ2) is 11.3. The van der Waals surface area contributed by atoms with Crippen LogP contribution in [0.2, 0.25) is 0 Å². The number of nitrogens with zero attached hydrogens (tertiary/aromatic N) is 2. The normalized spacial score (nSPS) is 16.7. The van der Waals surface area contributed by atoms with E-state index < -0.39 is 6.17 Å². The molecular formula is C27H31FN2O3S. The van der Waals surface area contributed by atoms with E-state index in [1.165, 1.54) is 0 Å². The van der Waals surface area contributed by atoms with Crippen LogP contribution < -0.4 is 4.74 Å². The number of benzene rings is 1. The number of thiophene rings is 1. The summed E-state index contributed by atoms with van der Waals surface area (Å²) in [7, 11) is 1.57. The zero-order valence-electron chi connectivity index (χ0n) is 19.5. The number of methoxy groups -OCH3 is 1. The summed E-state index contributed by atoms with van der Waals surface area (Å²) in [5.74, 6) is 7.05. The Morgan fingerprint density at radius 1 is 1.26 bits per heavy atom. The Labute approximate surface area is 204 Å². The van der Waals surface area contributed by atoms with Crippen LogP contribution in [-0.4, -0.2) is 53.4 Å². The maximum Gasteiger partial charge on any atom is 0.126 e. The van der Waals surface area contributed by atoms with E-state index in [9.17, 15) is 10.2 Å². The predicted molar refractivity (Wildman–Crippen MR) is 134 cm³/mol. The number of aliphatic hydroxyl groups excluding tert-OH is 2. The summed E-state index contributed by atoms with van der Waals surface area (Å²) in [4.78, 5) is 7.73. The Morgan fingerprint density at radius 2 is 2.09 bits per heavy atom. The molecule has 0 bridgehead atoms. The van der Waals surface area contributed by atoms with Gasteiger partial charge < -0.3 is 14.9 Å². The van der Waals surface area contributed by atoms with Crippen molar-refractivity contribution >= 4 is 22.2 Å². The summed E-state index contributed by atoms with van der Waals surface area (Å²) in [6.07, 6.45) is 2.77. The predicted octanol–water partition coefficient (Wildman–Crippen LogP) is 4.71. The number of rotatable bonds is 8. The average Bonchev–Trinajstić information content (AvgIpc) is 3.40. The fraction of sp³-hybridized carbons (Fsp3) is 0.444. The smallest absolute Gasteiger partial charge is 0.126 e. The van der Waals surface area contributed by atoms with Crippen LogP contribution in [0.1, 0.15) is 47.9 Å². The van der Waals surface area contributed by atoms with Crippen molar-refractivity contribution in [1.29, 1.82) is 0 Å². The van der Waals surface area contributed by atoms with Gasteiger partial charge in [0.25, 0.3) is 0 Å². The molecule has 3 aromatic rings. The monoisotopic (exact) mass is 482 g/mol. The van der Waals surface area contributed by atoms with E-state index in [0.717, 1.165) is 30.8 Å². The Kier molecular flexibility index (Phi) is 8.17. The van der Waals surface area contributed by atoms with E-state index in [4.69, 9.17) is 4.74 Å². The molecule has 2 N–H and O–H groups in total. The number of pyridine rings is 1. The van der Waals surface area contributed by atoms with Gasteiger partial charge in [0, 0.05) is 29.3 Å². The number of hydrogen-bond donors (Lipinski definition) is 2. The molecule has 7 heteroatoms. The van der Waals surface area contributed by atoms with Crippen molar-refractivity contribution in [1.82, 2.24) is 9.88 Å². The molecule has 1 aromatic carbocycles. The summed E-state index contributed by atoms with van der Waals surface area (Å²) in [5.41, 5.74) is 1.35. The summed E-state index contributed by atoms with van der Waals surface area (Å²) in [6.45, 7) is 2.16.